The fourth-order valence-electron chi connectivity index (χ4n) is 0.845. The number of carbonyl (C=O) groups excluding carboxylic acids is 1. The Bertz CT molecular complexity index is 405. The van der Waals surface area contributed by atoms with Gasteiger partial charge in [-0.3, -0.25) is 4.79 Å². The summed E-state index contributed by atoms with van der Waals surface area (Å²) in [7, 11) is 0. The molecule has 0 bridgehead atoms. The molecule has 72 valence electrons. The summed E-state index contributed by atoms with van der Waals surface area (Å²) in [5.41, 5.74) is 5.27. The lowest BCUT2D eigenvalue weighted by Gasteiger charge is -2.03. The van der Waals surface area contributed by atoms with E-state index in [-0.39, 0.29) is 15.6 Å². The van der Waals surface area contributed by atoms with Gasteiger partial charge in [-0.1, -0.05) is 23.2 Å². The van der Waals surface area contributed by atoms with Crippen LogP contribution < -0.4 is 5.73 Å². The van der Waals surface area contributed by atoms with E-state index in [1.807, 2.05) is 5.40 Å². The lowest BCUT2D eigenvalue weighted by molar-refractivity contribution is 0.1000. The summed E-state index contributed by atoms with van der Waals surface area (Å²) in [5.74, 6) is -0.609. The molecule has 14 heavy (non-hydrogen) atoms. The van der Waals surface area contributed by atoms with Crippen LogP contribution in [0.3, 0.4) is 0 Å². The molecule has 0 aliphatic rings. The Morgan fingerprint density at radius 1 is 1.43 bits per heavy atom. The Morgan fingerprint density at radius 2 is 1.93 bits per heavy atom. The molecule has 1 aromatic carbocycles. The highest BCUT2D eigenvalue weighted by Crippen LogP contribution is 2.34. The Hall–Kier alpha value is -0.890. The molecule has 0 saturated carbocycles. The first-order valence-electron chi connectivity index (χ1n) is 3.41. The van der Waals surface area contributed by atoms with E-state index in [2.05, 4.69) is 0 Å². The van der Waals surface area contributed by atoms with Crippen molar-refractivity contribution in [3.63, 3.8) is 0 Å². The summed E-state index contributed by atoms with van der Waals surface area (Å²) in [4.78, 5) is 11.2. The maximum absolute atomic E-state index is 10.8. The summed E-state index contributed by atoms with van der Waals surface area (Å²) in [6.45, 7) is 0. The maximum Gasteiger partial charge on any atom is 0.248 e. The van der Waals surface area contributed by atoms with Gasteiger partial charge in [-0.2, -0.15) is 5.26 Å². The molecule has 0 heterocycles. The van der Waals surface area contributed by atoms with Crippen molar-refractivity contribution in [3.8, 4) is 5.40 Å². The number of thiocyanates is 1. The van der Waals surface area contributed by atoms with E-state index < -0.39 is 5.91 Å². The molecule has 0 aromatic heterocycles. The number of thioether (sulfide) groups is 1. The van der Waals surface area contributed by atoms with E-state index in [0.717, 1.165) is 11.8 Å². The van der Waals surface area contributed by atoms with Gasteiger partial charge in [-0.25, -0.2) is 0 Å². The van der Waals surface area contributed by atoms with Gasteiger partial charge in [0.05, 0.1) is 14.9 Å². The lowest BCUT2D eigenvalue weighted by atomic mass is 10.2. The second kappa shape index (κ2) is 4.56. The number of hydrogen-bond acceptors (Lipinski definition) is 3. The van der Waals surface area contributed by atoms with E-state index in [0.29, 0.717) is 4.90 Å². The monoisotopic (exact) mass is 246 g/mol. The second-order valence-corrected chi connectivity index (χ2v) is 3.94. The first kappa shape index (κ1) is 11.2. The summed E-state index contributed by atoms with van der Waals surface area (Å²) >= 11 is 12.4. The molecular formula is C8H4Cl2N2OS. The number of hydrogen-bond donors (Lipinski definition) is 1. The van der Waals surface area contributed by atoms with Crippen molar-refractivity contribution < 1.29 is 4.79 Å². The van der Waals surface area contributed by atoms with Crippen LogP contribution in [0.25, 0.3) is 0 Å². The number of nitrogens with two attached hydrogens (primary N) is 1. The number of carbonyl (C=O) groups is 1. The molecular weight excluding hydrogens is 243 g/mol. The smallest absolute Gasteiger partial charge is 0.248 e. The minimum absolute atomic E-state index is 0.224. The van der Waals surface area contributed by atoms with Gasteiger partial charge in [-0.15, -0.1) is 0 Å². The van der Waals surface area contributed by atoms with Crippen LogP contribution in [0.4, 0.5) is 0 Å². The number of benzene rings is 1. The Labute approximate surface area is 94.8 Å². The van der Waals surface area contributed by atoms with Crippen LogP contribution in [0.5, 0.6) is 0 Å². The quantitative estimate of drug-likeness (QED) is 0.645. The highest BCUT2D eigenvalue weighted by molar-refractivity contribution is 8.04. The number of halogens is 2. The summed E-state index contributed by atoms with van der Waals surface area (Å²) in [5, 5.41) is 10.8. The normalized spacial score (nSPS) is 9.50. The van der Waals surface area contributed by atoms with E-state index in [1.54, 1.807) is 0 Å². The molecule has 3 nitrogen and oxygen atoms in total. The van der Waals surface area contributed by atoms with Crippen LogP contribution in [-0.2, 0) is 0 Å². The number of primary amides is 1. The summed E-state index contributed by atoms with van der Waals surface area (Å²) in [6.07, 6.45) is 0. The highest BCUT2D eigenvalue weighted by Gasteiger charge is 2.11. The minimum Gasteiger partial charge on any atom is -0.366 e. The number of nitrogens with zero attached hydrogens (tertiary/aromatic N) is 1. The molecule has 0 radical (unpaired) electrons. The van der Waals surface area contributed by atoms with Gasteiger partial charge in [-0.05, 0) is 23.9 Å². The minimum atomic E-state index is -0.609. The topological polar surface area (TPSA) is 66.9 Å². The number of rotatable bonds is 2. The Balaban J connectivity index is 3.26. The second-order valence-electron chi connectivity index (χ2n) is 2.33. The average molecular weight is 247 g/mol. The molecule has 0 aliphatic carbocycles. The molecule has 0 atom stereocenters. The van der Waals surface area contributed by atoms with E-state index in [1.165, 1.54) is 12.1 Å². The molecule has 0 spiro atoms. The lowest BCUT2D eigenvalue weighted by Crippen LogP contribution is -2.10. The first-order valence-corrected chi connectivity index (χ1v) is 4.98. The molecule has 0 fully saturated rings. The van der Waals surface area contributed by atoms with Gasteiger partial charge in [0, 0.05) is 5.56 Å². The molecule has 1 aromatic rings. The van der Waals surface area contributed by atoms with Gasteiger partial charge in [0.15, 0.2) is 0 Å². The zero-order valence-corrected chi connectivity index (χ0v) is 9.08. The first-order chi connectivity index (χ1) is 6.56. The third kappa shape index (κ3) is 2.32. The average Bonchev–Trinajstić information content (AvgIpc) is 2.10. The third-order valence-electron chi connectivity index (χ3n) is 1.43. The predicted octanol–water partition coefficient (Wildman–Crippen LogP) is 2.67. The van der Waals surface area contributed by atoms with Crippen molar-refractivity contribution >= 4 is 40.9 Å². The van der Waals surface area contributed by atoms with Gasteiger partial charge in [0.25, 0.3) is 0 Å². The van der Waals surface area contributed by atoms with Gasteiger partial charge >= 0.3 is 0 Å². The SMILES string of the molecule is N#CSc1c(Cl)cc(C(N)=O)cc1Cl. The molecule has 0 saturated heterocycles. The zero-order valence-electron chi connectivity index (χ0n) is 6.75. The molecule has 1 amide bonds. The largest absolute Gasteiger partial charge is 0.366 e. The fourth-order valence-corrected chi connectivity index (χ4v) is 1.97. The molecule has 0 unspecified atom stereocenters. The predicted molar refractivity (Wildman–Crippen MR) is 56.4 cm³/mol. The van der Waals surface area contributed by atoms with E-state index in [4.69, 9.17) is 34.2 Å². The fraction of sp³-hybridized carbons (Fsp3) is 0. The number of nitriles is 1. The highest BCUT2D eigenvalue weighted by atomic mass is 35.5. The standard InChI is InChI=1S/C8H4Cl2N2OS/c9-5-1-4(8(12)13)2-6(10)7(5)14-3-11/h1-2H,(H2,12,13). The van der Waals surface area contributed by atoms with Crippen molar-refractivity contribution in [3.05, 3.63) is 27.7 Å². The van der Waals surface area contributed by atoms with Crippen LogP contribution in [0, 0.1) is 10.7 Å². The van der Waals surface area contributed by atoms with Gasteiger partial charge < -0.3 is 5.73 Å². The van der Waals surface area contributed by atoms with E-state index in [9.17, 15) is 4.79 Å². The Kier molecular flexibility index (Phi) is 3.64. The van der Waals surface area contributed by atoms with Crippen molar-refractivity contribution in [2.75, 3.05) is 0 Å². The molecule has 2 N–H and O–H groups in total. The van der Waals surface area contributed by atoms with Crippen molar-refractivity contribution in [2.45, 2.75) is 4.90 Å². The Morgan fingerprint density at radius 3 is 2.29 bits per heavy atom. The molecule has 1 rings (SSSR count). The maximum atomic E-state index is 10.8. The van der Waals surface area contributed by atoms with E-state index >= 15 is 0 Å². The summed E-state index contributed by atoms with van der Waals surface area (Å²) in [6, 6.07) is 2.77. The van der Waals surface area contributed by atoms with Crippen molar-refractivity contribution in [2.24, 2.45) is 5.73 Å². The number of amides is 1. The van der Waals surface area contributed by atoms with Crippen LogP contribution >= 0.6 is 35.0 Å². The van der Waals surface area contributed by atoms with Crippen molar-refractivity contribution in [1.82, 2.24) is 0 Å². The molecule has 6 heteroatoms. The van der Waals surface area contributed by atoms with Crippen LogP contribution in [0.15, 0.2) is 17.0 Å². The van der Waals surface area contributed by atoms with Crippen LogP contribution in [0.2, 0.25) is 10.0 Å². The van der Waals surface area contributed by atoms with Crippen LogP contribution in [-0.4, -0.2) is 5.91 Å². The summed E-state index contributed by atoms with van der Waals surface area (Å²) < 4.78 is 0. The van der Waals surface area contributed by atoms with Crippen molar-refractivity contribution in [1.29, 1.82) is 5.26 Å². The van der Waals surface area contributed by atoms with Crippen LogP contribution in [0.1, 0.15) is 10.4 Å². The van der Waals surface area contributed by atoms with Gasteiger partial charge in [0.1, 0.15) is 5.40 Å². The molecule has 0 aliphatic heterocycles. The third-order valence-corrected chi connectivity index (χ3v) is 2.99. The zero-order chi connectivity index (χ0) is 10.7. The van der Waals surface area contributed by atoms with Gasteiger partial charge in [0.2, 0.25) is 5.91 Å².